The maximum absolute atomic E-state index is 12.3. The molecular weight excluding hydrogens is 254 g/mol. The fourth-order valence-corrected chi connectivity index (χ4v) is 2.78. The molecule has 0 heterocycles. The highest BCUT2D eigenvalue weighted by Crippen LogP contribution is 2.25. The zero-order valence-electron chi connectivity index (χ0n) is 11.8. The lowest BCUT2D eigenvalue weighted by molar-refractivity contribution is -0.120. The van der Waals surface area contributed by atoms with Gasteiger partial charge in [-0.05, 0) is 37.5 Å². The van der Waals surface area contributed by atoms with Crippen LogP contribution in [0.3, 0.4) is 0 Å². The van der Waals surface area contributed by atoms with E-state index < -0.39 is 5.97 Å². The number of amides is 1. The minimum atomic E-state index is -0.965. The van der Waals surface area contributed by atoms with Crippen LogP contribution in [0, 0.1) is 12.8 Å². The van der Waals surface area contributed by atoms with E-state index in [4.69, 9.17) is 5.11 Å². The molecule has 20 heavy (non-hydrogen) atoms. The molecule has 0 radical (unpaired) electrons. The first-order valence-corrected chi connectivity index (χ1v) is 7.23. The van der Waals surface area contributed by atoms with Gasteiger partial charge in [0.15, 0.2) is 0 Å². The molecule has 0 bridgehead atoms. The summed E-state index contributed by atoms with van der Waals surface area (Å²) in [6, 6.07) is 4.98. The number of nitrogens with one attached hydrogen (secondary N) is 1. The second-order valence-corrected chi connectivity index (χ2v) is 5.46. The average Bonchev–Trinajstić information content (AvgIpc) is 2.69. The summed E-state index contributed by atoms with van der Waals surface area (Å²) in [5, 5.41) is 12.0. The molecule has 2 rings (SSSR count). The molecular formula is C16H21NO3. The van der Waals surface area contributed by atoms with Crippen LogP contribution in [0.1, 0.15) is 54.4 Å². The minimum Gasteiger partial charge on any atom is -0.478 e. The smallest absolute Gasteiger partial charge is 0.336 e. The molecule has 108 valence electrons. The van der Waals surface area contributed by atoms with Crippen molar-refractivity contribution in [1.82, 2.24) is 0 Å². The predicted molar refractivity (Wildman–Crippen MR) is 78.0 cm³/mol. The van der Waals surface area contributed by atoms with Crippen LogP contribution in [0.4, 0.5) is 5.69 Å². The van der Waals surface area contributed by atoms with E-state index in [0.29, 0.717) is 11.3 Å². The summed E-state index contributed by atoms with van der Waals surface area (Å²) in [5.74, 6) is -0.879. The Morgan fingerprint density at radius 1 is 1.15 bits per heavy atom. The molecule has 0 spiro atoms. The number of hydrogen-bond donors (Lipinski definition) is 2. The Hall–Kier alpha value is -1.84. The number of benzene rings is 1. The van der Waals surface area contributed by atoms with Crippen molar-refractivity contribution < 1.29 is 14.7 Å². The van der Waals surface area contributed by atoms with Gasteiger partial charge in [0.05, 0.1) is 5.56 Å². The van der Waals surface area contributed by atoms with Gasteiger partial charge >= 0.3 is 5.97 Å². The molecule has 0 aromatic heterocycles. The molecule has 1 aromatic rings. The summed E-state index contributed by atoms with van der Waals surface area (Å²) < 4.78 is 0. The molecule has 4 nitrogen and oxygen atoms in total. The highest BCUT2D eigenvalue weighted by Gasteiger charge is 2.21. The van der Waals surface area contributed by atoms with E-state index in [0.717, 1.165) is 25.7 Å². The van der Waals surface area contributed by atoms with Gasteiger partial charge in [0.25, 0.3) is 0 Å². The van der Waals surface area contributed by atoms with Gasteiger partial charge in [0.1, 0.15) is 0 Å². The van der Waals surface area contributed by atoms with E-state index in [1.54, 1.807) is 25.1 Å². The van der Waals surface area contributed by atoms with Crippen LogP contribution in [-0.4, -0.2) is 17.0 Å². The maximum Gasteiger partial charge on any atom is 0.336 e. The maximum atomic E-state index is 12.3. The average molecular weight is 275 g/mol. The largest absolute Gasteiger partial charge is 0.478 e. The fraction of sp³-hybridized carbons (Fsp3) is 0.500. The lowest BCUT2D eigenvalue weighted by Gasteiger charge is -2.16. The monoisotopic (exact) mass is 275 g/mol. The van der Waals surface area contributed by atoms with Crippen molar-refractivity contribution in [3.8, 4) is 0 Å². The van der Waals surface area contributed by atoms with Gasteiger partial charge in [-0.3, -0.25) is 4.79 Å². The Kier molecular flexibility index (Phi) is 4.77. The number of carboxylic acids is 1. The third kappa shape index (κ3) is 3.38. The standard InChI is InChI=1S/C16H21NO3/c1-11-13(16(19)20)9-6-10-14(11)17-15(18)12-7-4-2-3-5-8-12/h6,9-10,12H,2-5,7-8H2,1H3,(H,17,18)(H,19,20). The quantitative estimate of drug-likeness (QED) is 0.828. The fourth-order valence-electron chi connectivity index (χ4n) is 2.78. The van der Waals surface area contributed by atoms with Gasteiger partial charge in [0, 0.05) is 11.6 Å². The van der Waals surface area contributed by atoms with Crippen molar-refractivity contribution in [1.29, 1.82) is 0 Å². The molecule has 2 N–H and O–H groups in total. The number of carbonyl (C=O) groups is 2. The summed E-state index contributed by atoms with van der Waals surface area (Å²) in [5.41, 5.74) is 1.46. The Balaban J connectivity index is 2.11. The molecule has 0 atom stereocenters. The van der Waals surface area contributed by atoms with E-state index in [2.05, 4.69) is 5.32 Å². The van der Waals surface area contributed by atoms with Gasteiger partial charge in [-0.25, -0.2) is 4.79 Å². The van der Waals surface area contributed by atoms with E-state index in [1.165, 1.54) is 12.8 Å². The Bertz CT molecular complexity index is 502. The normalized spacial score (nSPS) is 16.4. The molecule has 1 aliphatic carbocycles. The zero-order chi connectivity index (χ0) is 14.5. The molecule has 4 heteroatoms. The van der Waals surface area contributed by atoms with Crippen LogP contribution in [0.5, 0.6) is 0 Å². The van der Waals surface area contributed by atoms with Gasteiger partial charge in [-0.15, -0.1) is 0 Å². The van der Waals surface area contributed by atoms with E-state index in [-0.39, 0.29) is 17.4 Å². The zero-order valence-corrected chi connectivity index (χ0v) is 11.8. The third-order valence-corrected chi connectivity index (χ3v) is 4.05. The van der Waals surface area contributed by atoms with Crippen LogP contribution >= 0.6 is 0 Å². The lowest BCUT2D eigenvalue weighted by atomic mass is 9.99. The first kappa shape index (κ1) is 14.6. The van der Waals surface area contributed by atoms with Crippen LogP contribution in [-0.2, 0) is 4.79 Å². The second kappa shape index (κ2) is 6.55. The summed E-state index contributed by atoms with van der Waals surface area (Å²) in [6.07, 6.45) is 6.49. The lowest BCUT2D eigenvalue weighted by Crippen LogP contribution is -2.23. The number of carboxylic acid groups (broad SMARTS) is 1. The van der Waals surface area contributed by atoms with Crippen molar-refractivity contribution in [3.05, 3.63) is 29.3 Å². The number of anilines is 1. The van der Waals surface area contributed by atoms with Crippen LogP contribution < -0.4 is 5.32 Å². The molecule has 1 aromatic carbocycles. The number of carbonyl (C=O) groups excluding carboxylic acids is 1. The first-order chi connectivity index (χ1) is 9.59. The topological polar surface area (TPSA) is 66.4 Å². The van der Waals surface area contributed by atoms with E-state index >= 15 is 0 Å². The molecule has 1 amide bonds. The van der Waals surface area contributed by atoms with Gasteiger partial charge in [0.2, 0.25) is 5.91 Å². The van der Waals surface area contributed by atoms with E-state index in [1.807, 2.05) is 0 Å². The third-order valence-electron chi connectivity index (χ3n) is 4.05. The molecule has 0 aliphatic heterocycles. The van der Waals surface area contributed by atoms with Gasteiger partial charge in [-0.1, -0.05) is 31.7 Å². The molecule has 0 unspecified atom stereocenters. The van der Waals surface area contributed by atoms with E-state index in [9.17, 15) is 9.59 Å². The Morgan fingerprint density at radius 3 is 2.40 bits per heavy atom. The van der Waals surface area contributed by atoms with Gasteiger partial charge in [-0.2, -0.15) is 0 Å². The van der Waals surface area contributed by atoms with Crippen molar-refractivity contribution in [2.45, 2.75) is 45.4 Å². The van der Waals surface area contributed by atoms with Crippen LogP contribution in [0.15, 0.2) is 18.2 Å². The highest BCUT2D eigenvalue weighted by atomic mass is 16.4. The molecule has 0 saturated heterocycles. The molecule has 1 fully saturated rings. The summed E-state index contributed by atoms with van der Waals surface area (Å²) in [7, 11) is 0. The van der Waals surface area contributed by atoms with Gasteiger partial charge < -0.3 is 10.4 Å². The summed E-state index contributed by atoms with van der Waals surface area (Å²) in [4.78, 5) is 23.4. The van der Waals surface area contributed by atoms with Crippen molar-refractivity contribution in [2.24, 2.45) is 5.92 Å². The first-order valence-electron chi connectivity index (χ1n) is 7.23. The summed E-state index contributed by atoms with van der Waals surface area (Å²) in [6.45, 7) is 1.73. The minimum absolute atomic E-state index is 0.0255. The predicted octanol–water partition coefficient (Wildman–Crippen LogP) is 3.60. The number of hydrogen-bond acceptors (Lipinski definition) is 2. The number of aromatic carboxylic acids is 1. The Morgan fingerprint density at radius 2 is 1.80 bits per heavy atom. The summed E-state index contributed by atoms with van der Waals surface area (Å²) >= 11 is 0. The van der Waals surface area contributed by atoms with Crippen molar-refractivity contribution in [2.75, 3.05) is 5.32 Å². The van der Waals surface area contributed by atoms with Crippen LogP contribution in [0.25, 0.3) is 0 Å². The van der Waals surface area contributed by atoms with Crippen LogP contribution in [0.2, 0.25) is 0 Å². The SMILES string of the molecule is Cc1c(NC(=O)C2CCCCCC2)cccc1C(=O)O. The Labute approximate surface area is 119 Å². The van der Waals surface area contributed by atoms with Crippen molar-refractivity contribution >= 4 is 17.6 Å². The highest BCUT2D eigenvalue weighted by molar-refractivity contribution is 5.96. The number of rotatable bonds is 3. The second-order valence-electron chi connectivity index (χ2n) is 5.46. The molecule has 1 saturated carbocycles. The molecule has 1 aliphatic rings. The van der Waals surface area contributed by atoms with Crippen molar-refractivity contribution in [3.63, 3.8) is 0 Å².